The third-order valence-corrected chi connectivity index (χ3v) is 3.68. The molecule has 0 aliphatic carbocycles. The Balaban J connectivity index is 1.64. The highest BCUT2D eigenvalue weighted by Gasteiger charge is 2.30. The van der Waals surface area contributed by atoms with Gasteiger partial charge in [-0.2, -0.15) is 0 Å². The number of likely N-dealkylation sites (tertiary alicyclic amines) is 1. The maximum Gasteiger partial charge on any atom is 0.261 e. The molecule has 1 aliphatic rings. The van der Waals surface area contributed by atoms with Gasteiger partial charge in [-0.15, -0.1) is 0 Å². The maximum absolute atomic E-state index is 13.1. The Bertz CT molecular complexity index is 651. The molecule has 3 rings (SSSR count). The van der Waals surface area contributed by atoms with Crippen molar-refractivity contribution in [1.82, 2.24) is 14.9 Å². The van der Waals surface area contributed by atoms with Crippen LogP contribution in [0, 0.1) is 5.82 Å². The van der Waals surface area contributed by atoms with Crippen LogP contribution in [0.25, 0.3) is 0 Å². The van der Waals surface area contributed by atoms with Gasteiger partial charge >= 0.3 is 0 Å². The van der Waals surface area contributed by atoms with Gasteiger partial charge < -0.3 is 9.64 Å². The molecule has 2 aromatic rings. The van der Waals surface area contributed by atoms with E-state index in [0.29, 0.717) is 12.3 Å². The molecule has 1 amide bonds. The number of rotatable bonds is 4. The molecule has 1 aromatic heterocycles. The van der Waals surface area contributed by atoms with Crippen molar-refractivity contribution in [1.29, 1.82) is 0 Å². The first-order chi connectivity index (χ1) is 10.7. The number of nitrogens with zero attached hydrogens (tertiary/aromatic N) is 3. The number of hydrogen-bond donors (Lipinski definition) is 0. The number of ether oxygens (including phenoxy) is 1. The molecule has 2 heterocycles. The Kier molecular flexibility index (Phi) is 4.27. The van der Waals surface area contributed by atoms with Crippen molar-refractivity contribution < 1.29 is 13.9 Å². The minimum absolute atomic E-state index is 0.0355. The van der Waals surface area contributed by atoms with E-state index in [1.807, 2.05) is 6.07 Å². The maximum atomic E-state index is 13.1. The Morgan fingerprint density at radius 3 is 3.09 bits per heavy atom. The molecule has 0 spiro atoms. The van der Waals surface area contributed by atoms with E-state index < -0.39 is 0 Å². The number of carbonyl (C=O) groups excluding carboxylic acids is 1. The molecule has 0 saturated carbocycles. The second-order valence-electron chi connectivity index (χ2n) is 5.13. The van der Waals surface area contributed by atoms with Crippen molar-refractivity contribution in [3.05, 3.63) is 54.4 Å². The van der Waals surface area contributed by atoms with Gasteiger partial charge in [-0.05, 0) is 31.0 Å². The number of carbonyl (C=O) groups is 1. The minimum atomic E-state index is -0.384. The summed E-state index contributed by atoms with van der Waals surface area (Å²) in [4.78, 5) is 22.2. The van der Waals surface area contributed by atoms with Gasteiger partial charge in [-0.3, -0.25) is 4.79 Å². The number of benzene rings is 1. The molecule has 1 atom stereocenters. The predicted octanol–water partition coefficient (Wildman–Crippen LogP) is 2.36. The first kappa shape index (κ1) is 14.4. The Morgan fingerprint density at radius 1 is 1.41 bits per heavy atom. The molecule has 1 aromatic carbocycles. The van der Waals surface area contributed by atoms with Crippen molar-refractivity contribution in [2.45, 2.75) is 18.9 Å². The molecule has 0 radical (unpaired) electrons. The molecule has 0 bridgehead atoms. The summed E-state index contributed by atoms with van der Waals surface area (Å²) in [7, 11) is 0. The van der Waals surface area contributed by atoms with E-state index in [-0.39, 0.29) is 24.4 Å². The second-order valence-corrected chi connectivity index (χ2v) is 5.13. The van der Waals surface area contributed by atoms with Gasteiger partial charge in [0, 0.05) is 18.8 Å². The first-order valence-corrected chi connectivity index (χ1v) is 7.18. The highest BCUT2D eigenvalue weighted by molar-refractivity contribution is 5.78. The fourth-order valence-electron chi connectivity index (χ4n) is 2.66. The van der Waals surface area contributed by atoms with Gasteiger partial charge in [0.15, 0.2) is 6.61 Å². The van der Waals surface area contributed by atoms with Crippen molar-refractivity contribution in [2.24, 2.45) is 0 Å². The van der Waals surface area contributed by atoms with Gasteiger partial charge in [0.25, 0.3) is 5.91 Å². The van der Waals surface area contributed by atoms with E-state index in [4.69, 9.17) is 4.74 Å². The zero-order valence-electron chi connectivity index (χ0n) is 12.0. The van der Waals surface area contributed by atoms with E-state index in [0.717, 1.165) is 18.5 Å². The molecule has 22 heavy (non-hydrogen) atoms. The van der Waals surface area contributed by atoms with Crippen LogP contribution in [0.1, 0.15) is 24.6 Å². The highest BCUT2D eigenvalue weighted by atomic mass is 19.1. The van der Waals surface area contributed by atoms with E-state index in [1.165, 1.54) is 18.5 Å². The van der Waals surface area contributed by atoms with Crippen LogP contribution in [-0.4, -0.2) is 33.9 Å². The third kappa shape index (κ3) is 3.21. The molecule has 6 heteroatoms. The normalized spacial score (nSPS) is 17.5. The van der Waals surface area contributed by atoms with Crippen LogP contribution in [0.2, 0.25) is 0 Å². The summed E-state index contributed by atoms with van der Waals surface area (Å²) in [5, 5.41) is 0. The monoisotopic (exact) mass is 301 g/mol. The molecule has 0 N–H and O–H groups in total. The van der Waals surface area contributed by atoms with Crippen LogP contribution < -0.4 is 4.74 Å². The zero-order chi connectivity index (χ0) is 15.4. The molecular weight excluding hydrogens is 285 g/mol. The summed E-state index contributed by atoms with van der Waals surface area (Å²) >= 11 is 0. The third-order valence-electron chi connectivity index (χ3n) is 3.68. The van der Waals surface area contributed by atoms with Crippen LogP contribution in [0.5, 0.6) is 5.75 Å². The lowest BCUT2D eigenvalue weighted by Gasteiger charge is -2.24. The van der Waals surface area contributed by atoms with E-state index in [2.05, 4.69) is 9.97 Å². The van der Waals surface area contributed by atoms with Crippen LogP contribution in [-0.2, 0) is 4.79 Å². The van der Waals surface area contributed by atoms with Gasteiger partial charge in [0.2, 0.25) is 0 Å². The molecule has 114 valence electrons. The molecule has 5 nitrogen and oxygen atoms in total. The SMILES string of the molecule is O=C(COc1cccc(F)c1)N1CCC[C@@H]1c1ccncn1. The molecule has 0 unspecified atom stereocenters. The molecule has 1 saturated heterocycles. The largest absolute Gasteiger partial charge is 0.484 e. The van der Waals surface area contributed by atoms with E-state index in [1.54, 1.807) is 23.2 Å². The van der Waals surface area contributed by atoms with E-state index >= 15 is 0 Å². The lowest BCUT2D eigenvalue weighted by Crippen LogP contribution is -2.34. The summed E-state index contributed by atoms with van der Waals surface area (Å²) in [5.74, 6) is -0.151. The van der Waals surface area contributed by atoms with Gasteiger partial charge in [-0.1, -0.05) is 6.07 Å². The quantitative estimate of drug-likeness (QED) is 0.870. The van der Waals surface area contributed by atoms with E-state index in [9.17, 15) is 9.18 Å². The molecule has 1 fully saturated rings. The zero-order valence-corrected chi connectivity index (χ0v) is 12.0. The van der Waals surface area contributed by atoms with Crippen LogP contribution in [0.15, 0.2) is 42.9 Å². The number of hydrogen-bond acceptors (Lipinski definition) is 4. The number of amides is 1. The second kappa shape index (κ2) is 6.51. The summed E-state index contributed by atoms with van der Waals surface area (Å²) in [6, 6.07) is 7.56. The Hall–Kier alpha value is -2.50. The average molecular weight is 301 g/mol. The molecule has 1 aliphatic heterocycles. The van der Waals surface area contributed by atoms with Crippen LogP contribution >= 0.6 is 0 Å². The van der Waals surface area contributed by atoms with Crippen LogP contribution in [0.3, 0.4) is 0 Å². The van der Waals surface area contributed by atoms with Crippen molar-refractivity contribution in [3.8, 4) is 5.75 Å². The highest BCUT2D eigenvalue weighted by Crippen LogP contribution is 2.30. The fourth-order valence-corrected chi connectivity index (χ4v) is 2.66. The topological polar surface area (TPSA) is 55.3 Å². The predicted molar refractivity (Wildman–Crippen MR) is 77.6 cm³/mol. The summed E-state index contributed by atoms with van der Waals surface area (Å²) in [5.41, 5.74) is 0.839. The van der Waals surface area contributed by atoms with Crippen molar-refractivity contribution in [2.75, 3.05) is 13.2 Å². The smallest absolute Gasteiger partial charge is 0.261 e. The van der Waals surface area contributed by atoms with Gasteiger partial charge in [-0.25, -0.2) is 14.4 Å². The molecular formula is C16H16FN3O2. The summed E-state index contributed by atoms with van der Waals surface area (Å²) < 4.78 is 18.5. The fraction of sp³-hybridized carbons (Fsp3) is 0.312. The van der Waals surface area contributed by atoms with Crippen molar-refractivity contribution in [3.63, 3.8) is 0 Å². The standard InChI is InChI=1S/C16H16FN3O2/c17-12-3-1-4-13(9-12)22-10-16(21)20-8-2-5-15(20)14-6-7-18-11-19-14/h1,3-4,6-7,9,11,15H,2,5,8,10H2/t15-/m1/s1. The Morgan fingerprint density at radius 2 is 2.32 bits per heavy atom. The van der Waals surface area contributed by atoms with Gasteiger partial charge in [0.1, 0.15) is 17.9 Å². The summed E-state index contributed by atoms with van der Waals surface area (Å²) in [6.07, 6.45) is 4.97. The lowest BCUT2D eigenvalue weighted by molar-refractivity contribution is -0.134. The van der Waals surface area contributed by atoms with Gasteiger partial charge in [0.05, 0.1) is 11.7 Å². The number of aromatic nitrogens is 2. The minimum Gasteiger partial charge on any atom is -0.484 e. The lowest BCUT2D eigenvalue weighted by atomic mass is 10.1. The summed E-state index contributed by atoms with van der Waals surface area (Å²) in [6.45, 7) is 0.574. The Labute approximate surface area is 127 Å². The number of halogens is 1. The van der Waals surface area contributed by atoms with Crippen molar-refractivity contribution >= 4 is 5.91 Å². The van der Waals surface area contributed by atoms with Crippen LogP contribution in [0.4, 0.5) is 4.39 Å². The average Bonchev–Trinajstić information content (AvgIpc) is 3.03. The first-order valence-electron chi connectivity index (χ1n) is 7.18.